The third kappa shape index (κ3) is 4.85. The molecule has 2 aromatic rings. The summed E-state index contributed by atoms with van der Waals surface area (Å²) in [5, 5.41) is 0. The molecule has 23 heavy (non-hydrogen) atoms. The van der Waals surface area contributed by atoms with Crippen LogP contribution in [-0.4, -0.2) is 20.9 Å². The van der Waals surface area contributed by atoms with Crippen molar-refractivity contribution in [2.75, 3.05) is 13.2 Å². The van der Waals surface area contributed by atoms with Crippen molar-refractivity contribution < 1.29 is 18.8 Å². The number of hydrogen-bond acceptors (Lipinski definition) is 4. The molecule has 121 valence electrons. The van der Waals surface area contributed by atoms with E-state index in [0.29, 0.717) is 24.7 Å². The number of rotatable bonds is 8. The van der Waals surface area contributed by atoms with Crippen LogP contribution in [-0.2, 0) is 0 Å². The maximum Gasteiger partial charge on any atom is 0.658 e. The Morgan fingerprint density at radius 2 is 1.17 bits per heavy atom. The van der Waals surface area contributed by atoms with Gasteiger partial charge in [0, 0.05) is 0 Å². The van der Waals surface area contributed by atoms with E-state index in [9.17, 15) is 0 Å². The lowest BCUT2D eigenvalue weighted by molar-refractivity contribution is 0.337. The summed E-state index contributed by atoms with van der Waals surface area (Å²) < 4.78 is 22.0. The molecule has 4 nitrogen and oxygen atoms in total. The highest BCUT2D eigenvalue weighted by Gasteiger charge is 2.06. The van der Waals surface area contributed by atoms with Crippen molar-refractivity contribution in [3.8, 4) is 23.0 Å². The van der Waals surface area contributed by atoms with Crippen molar-refractivity contribution >= 4 is 7.69 Å². The molecule has 0 saturated carbocycles. The summed E-state index contributed by atoms with van der Waals surface area (Å²) in [4.78, 5) is 0. The number of benzene rings is 2. The van der Waals surface area contributed by atoms with Gasteiger partial charge in [-0.2, -0.15) is 0 Å². The average molecular weight is 313 g/mol. The van der Waals surface area contributed by atoms with Crippen molar-refractivity contribution in [2.45, 2.75) is 27.7 Å². The molecule has 0 aliphatic rings. The first-order valence-corrected chi connectivity index (χ1v) is 7.76. The van der Waals surface area contributed by atoms with Crippen molar-refractivity contribution in [3.63, 3.8) is 0 Å². The molecular weight excluding hydrogens is 291 g/mol. The second-order valence-corrected chi connectivity index (χ2v) is 5.05. The molecule has 2 aromatic carbocycles. The fourth-order valence-electron chi connectivity index (χ4n) is 2.16. The molecule has 1 radical (unpaired) electrons. The van der Waals surface area contributed by atoms with Gasteiger partial charge in [-0.05, 0) is 75.2 Å². The molecule has 5 heteroatoms. The van der Waals surface area contributed by atoms with E-state index >= 15 is 0 Å². The SMILES string of the molecule is CCOc1ccc(O[B]Oc2ccc(OCC)c(C)c2)cc1C. The summed E-state index contributed by atoms with van der Waals surface area (Å²) in [5.74, 6) is 3.13. The monoisotopic (exact) mass is 313 g/mol. The molecular formula is C18H22BO4. The summed E-state index contributed by atoms with van der Waals surface area (Å²) in [5.41, 5.74) is 2.05. The van der Waals surface area contributed by atoms with Gasteiger partial charge >= 0.3 is 7.69 Å². The van der Waals surface area contributed by atoms with Crippen LogP contribution in [0.5, 0.6) is 23.0 Å². The quantitative estimate of drug-likeness (QED) is 0.688. The summed E-state index contributed by atoms with van der Waals surface area (Å²) in [6.45, 7) is 9.18. The predicted octanol–water partition coefficient (Wildman–Crippen LogP) is 4.09. The first kappa shape index (κ1) is 17.1. The van der Waals surface area contributed by atoms with Gasteiger partial charge < -0.3 is 18.8 Å². The van der Waals surface area contributed by atoms with Gasteiger partial charge in [0.1, 0.15) is 23.0 Å². The van der Waals surface area contributed by atoms with Crippen LogP contribution >= 0.6 is 0 Å². The zero-order chi connectivity index (χ0) is 16.7. The zero-order valence-electron chi connectivity index (χ0n) is 14.1. The van der Waals surface area contributed by atoms with Gasteiger partial charge in [0.05, 0.1) is 13.2 Å². The van der Waals surface area contributed by atoms with Crippen molar-refractivity contribution in [1.82, 2.24) is 0 Å². The normalized spacial score (nSPS) is 10.1. The van der Waals surface area contributed by atoms with Crippen LogP contribution in [0, 0.1) is 13.8 Å². The Kier molecular flexibility index (Phi) is 6.21. The van der Waals surface area contributed by atoms with E-state index in [1.54, 1.807) is 0 Å². The first-order chi connectivity index (χ1) is 11.1. The van der Waals surface area contributed by atoms with E-state index in [1.165, 1.54) is 7.69 Å². The van der Waals surface area contributed by atoms with E-state index in [4.69, 9.17) is 18.8 Å². The standard InChI is InChI=1S/C18H22BO4/c1-5-20-17-9-7-15(11-13(17)3)22-19-23-16-8-10-18(21-6-2)14(4)12-16/h7-12H,5-6H2,1-4H3. The highest BCUT2D eigenvalue weighted by atomic mass is 16.6. The van der Waals surface area contributed by atoms with Gasteiger partial charge in [0.15, 0.2) is 0 Å². The maximum absolute atomic E-state index is 5.51. The van der Waals surface area contributed by atoms with Crippen LogP contribution in [0.2, 0.25) is 0 Å². The summed E-state index contributed by atoms with van der Waals surface area (Å²) in [7, 11) is 1.32. The van der Waals surface area contributed by atoms with Crippen LogP contribution in [0.15, 0.2) is 36.4 Å². The molecule has 0 aliphatic carbocycles. The zero-order valence-corrected chi connectivity index (χ0v) is 14.1. The predicted molar refractivity (Wildman–Crippen MR) is 91.7 cm³/mol. The lowest BCUT2D eigenvalue weighted by atomic mass is 10.2. The van der Waals surface area contributed by atoms with Gasteiger partial charge in [0.25, 0.3) is 0 Å². The van der Waals surface area contributed by atoms with Gasteiger partial charge in [-0.25, -0.2) is 0 Å². The number of ether oxygens (including phenoxy) is 2. The Hall–Kier alpha value is -2.30. The van der Waals surface area contributed by atoms with Crippen molar-refractivity contribution in [1.29, 1.82) is 0 Å². The van der Waals surface area contributed by atoms with Gasteiger partial charge in [0.2, 0.25) is 0 Å². The lowest BCUT2D eigenvalue weighted by Crippen LogP contribution is -2.11. The van der Waals surface area contributed by atoms with Crippen LogP contribution in [0.3, 0.4) is 0 Å². The Morgan fingerprint density at radius 1 is 0.739 bits per heavy atom. The van der Waals surface area contributed by atoms with Crippen molar-refractivity contribution in [2.24, 2.45) is 0 Å². The largest absolute Gasteiger partial charge is 0.658 e. The first-order valence-electron chi connectivity index (χ1n) is 7.76. The Balaban J connectivity index is 1.89. The Labute approximate surface area is 138 Å². The summed E-state index contributed by atoms with van der Waals surface area (Å²) in [6, 6.07) is 11.3. The Bertz CT molecular complexity index is 587. The molecule has 0 heterocycles. The number of aryl methyl sites for hydroxylation is 2. The second kappa shape index (κ2) is 8.37. The van der Waals surface area contributed by atoms with E-state index < -0.39 is 0 Å². The van der Waals surface area contributed by atoms with Gasteiger partial charge in [-0.1, -0.05) is 0 Å². The molecule has 0 saturated heterocycles. The lowest BCUT2D eigenvalue weighted by Gasteiger charge is -2.11. The van der Waals surface area contributed by atoms with Crippen LogP contribution < -0.4 is 18.8 Å². The highest BCUT2D eigenvalue weighted by Crippen LogP contribution is 2.25. The molecule has 0 amide bonds. The molecule has 0 fully saturated rings. The smallest absolute Gasteiger partial charge is 0.526 e. The fraction of sp³-hybridized carbons (Fsp3) is 0.333. The minimum absolute atomic E-state index is 0.646. The van der Waals surface area contributed by atoms with Crippen molar-refractivity contribution in [3.05, 3.63) is 47.5 Å². The molecule has 0 N–H and O–H groups in total. The third-order valence-corrected chi connectivity index (χ3v) is 3.26. The molecule has 0 spiro atoms. The molecule has 0 atom stereocenters. The topological polar surface area (TPSA) is 36.9 Å². The fourth-order valence-corrected chi connectivity index (χ4v) is 2.16. The molecule has 2 rings (SSSR count). The molecule has 0 aliphatic heterocycles. The van der Waals surface area contributed by atoms with E-state index in [1.807, 2.05) is 64.1 Å². The summed E-state index contributed by atoms with van der Waals surface area (Å²) in [6.07, 6.45) is 0. The van der Waals surface area contributed by atoms with Crippen LogP contribution in [0.25, 0.3) is 0 Å². The van der Waals surface area contributed by atoms with Crippen LogP contribution in [0.1, 0.15) is 25.0 Å². The minimum Gasteiger partial charge on any atom is -0.526 e. The average Bonchev–Trinajstić information content (AvgIpc) is 2.53. The molecule has 0 unspecified atom stereocenters. The highest BCUT2D eigenvalue weighted by molar-refractivity contribution is 6.20. The molecule has 0 aromatic heterocycles. The summed E-state index contributed by atoms with van der Waals surface area (Å²) >= 11 is 0. The minimum atomic E-state index is 0.646. The van der Waals surface area contributed by atoms with Crippen LogP contribution in [0.4, 0.5) is 0 Å². The molecule has 0 bridgehead atoms. The second-order valence-electron chi connectivity index (χ2n) is 5.05. The Morgan fingerprint density at radius 3 is 1.52 bits per heavy atom. The van der Waals surface area contributed by atoms with Gasteiger partial charge in [-0.15, -0.1) is 0 Å². The number of hydrogen-bond donors (Lipinski definition) is 0. The van der Waals surface area contributed by atoms with Gasteiger partial charge in [-0.3, -0.25) is 0 Å². The third-order valence-electron chi connectivity index (χ3n) is 3.26. The van der Waals surface area contributed by atoms with E-state index in [-0.39, 0.29) is 0 Å². The maximum atomic E-state index is 5.51. The van der Waals surface area contributed by atoms with E-state index in [0.717, 1.165) is 22.6 Å². The van der Waals surface area contributed by atoms with E-state index in [2.05, 4.69) is 0 Å².